The van der Waals surface area contributed by atoms with Crippen molar-refractivity contribution in [2.75, 3.05) is 33.0 Å². The third-order valence-corrected chi connectivity index (χ3v) is 2.47. The monoisotopic (exact) mass is 186 g/mol. The second kappa shape index (κ2) is 4.91. The fourth-order valence-corrected chi connectivity index (χ4v) is 1.70. The van der Waals surface area contributed by atoms with Crippen molar-refractivity contribution in [3.63, 3.8) is 0 Å². The Labute approximate surface area is 79.3 Å². The summed E-state index contributed by atoms with van der Waals surface area (Å²) in [6.07, 6.45) is 4.87. The number of hydroxylamine groups is 4. The summed E-state index contributed by atoms with van der Waals surface area (Å²) in [4.78, 5) is 11.0. The van der Waals surface area contributed by atoms with Gasteiger partial charge in [0.25, 0.3) is 0 Å². The maximum atomic E-state index is 5.49. The lowest BCUT2D eigenvalue weighted by Gasteiger charge is -2.33. The topological polar surface area (TPSA) is 24.9 Å². The molecule has 2 heterocycles. The van der Waals surface area contributed by atoms with Gasteiger partial charge in [0.1, 0.15) is 0 Å². The third kappa shape index (κ3) is 2.91. The van der Waals surface area contributed by atoms with Crippen LogP contribution in [0.15, 0.2) is 0 Å². The molecule has 0 aliphatic carbocycles. The van der Waals surface area contributed by atoms with E-state index in [4.69, 9.17) is 9.68 Å². The molecule has 0 amide bonds. The molecule has 76 valence electrons. The summed E-state index contributed by atoms with van der Waals surface area (Å²) in [5.74, 6) is 0. The van der Waals surface area contributed by atoms with E-state index in [0.29, 0.717) is 0 Å². The number of rotatable bonds is 2. The second-order valence-electron chi connectivity index (χ2n) is 3.63. The lowest BCUT2D eigenvalue weighted by atomic mass is 10.3. The number of hydrogen-bond donors (Lipinski definition) is 0. The highest BCUT2D eigenvalue weighted by molar-refractivity contribution is 4.55. The molecule has 4 nitrogen and oxygen atoms in total. The molecular weight excluding hydrogens is 168 g/mol. The first-order valence-electron chi connectivity index (χ1n) is 5.21. The van der Waals surface area contributed by atoms with E-state index < -0.39 is 0 Å². The zero-order chi connectivity index (χ0) is 8.93. The summed E-state index contributed by atoms with van der Waals surface area (Å²) in [6, 6.07) is 0. The molecule has 2 saturated heterocycles. The standard InChI is InChI=1S/C9H18N2O2/c1-3-7-12-10(5-1)9-11-6-2-4-8-13-11/h1-9H2. The largest absolute Gasteiger partial charge is 0.298 e. The van der Waals surface area contributed by atoms with Crippen molar-refractivity contribution in [2.45, 2.75) is 25.7 Å². The van der Waals surface area contributed by atoms with Gasteiger partial charge in [-0.1, -0.05) is 0 Å². The molecule has 0 atom stereocenters. The van der Waals surface area contributed by atoms with Crippen LogP contribution in [-0.2, 0) is 9.68 Å². The van der Waals surface area contributed by atoms with Crippen LogP contribution in [0.2, 0.25) is 0 Å². The Morgan fingerprint density at radius 2 is 1.31 bits per heavy atom. The van der Waals surface area contributed by atoms with Gasteiger partial charge in [-0.3, -0.25) is 9.68 Å². The molecule has 0 aromatic carbocycles. The van der Waals surface area contributed by atoms with Gasteiger partial charge in [0.2, 0.25) is 0 Å². The maximum absolute atomic E-state index is 5.49. The Morgan fingerprint density at radius 1 is 0.769 bits per heavy atom. The lowest BCUT2D eigenvalue weighted by molar-refractivity contribution is -0.274. The van der Waals surface area contributed by atoms with Gasteiger partial charge in [0.05, 0.1) is 19.9 Å². The van der Waals surface area contributed by atoms with Crippen molar-refractivity contribution in [2.24, 2.45) is 0 Å². The highest BCUT2D eigenvalue weighted by Gasteiger charge is 2.17. The van der Waals surface area contributed by atoms with Crippen LogP contribution in [-0.4, -0.2) is 43.1 Å². The molecule has 0 saturated carbocycles. The Morgan fingerprint density at radius 3 is 1.69 bits per heavy atom. The van der Waals surface area contributed by atoms with E-state index in [2.05, 4.69) is 0 Å². The normalized spacial score (nSPS) is 27.7. The van der Waals surface area contributed by atoms with Gasteiger partial charge in [0, 0.05) is 13.1 Å². The minimum Gasteiger partial charge on any atom is -0.298 e. The zero-order valence-corrected chi connectivity index (χ0v) is 8.07. The van der Waals surface area contributed by atoms with Gasteiger partial charge in [0.15, 0.2) is 0 Å². The van der Waals surface area contributed by atoms with Gasteiger partial charge >= 0.3 is 0 Å². The van der Waals surface area contributed by atoms with Gasteiger partial charge < -0.3 is 0 Å². The smallest absolute Gasteiger partial charge is 0.0999 e. The average Bonchev–Trinajstić information content (AvgIpc) is 2.21. The molecule has 2 aliphatic heterocycles. The molecule has 13 heavy (non-hydrogen) atoms. The quantitative estimate of drug-likeness (QED) is 0.642. The van der Waals surface area contributed by atoms with Crippen LogP contribution in [0.3, 0.4) is 0 Å². The molecule has 0 spiro atoms. The van der Waals surface area contributed by atoms with Crippen molar-refractivity contribution in [3.8, 4) is 0 Å². The first-order valence-corrected chi connectivity index (χ1v) is 5.21. The van der Waals surface area contributed by atoms with Crippen LogP contribution in [0.25, 0.3) is 0 Å². The Balaban J connectivity index is 1.69. The fraction of sp³-hybridized carbons (Fsp3) is 1.00. The fourth-order valence-electron chi connectivity index (χ4n) is 1.70. The van der Waals surface area contributed by atoms with E-state index in [-0.39, 0.29) is 0 Å². The minimum atomic E-state index is 0.806. The average molecular weight is 186 g/mol. The molecule has 0 N–H and O–H groups in total. The Hall–Kier alpha value is -0.160. The summed E-state index contributed by atoms with van der Waals surface area (Å²) >= 11 is 0. The first kappa shape index (κ1) is 9.40. The van der Waals surface area contributed by atoms with Gasteiger partial charge in [-0.05, 0) is 25.7 Å². The molecule has 0 bridgehead atoms. The SMILES string of the molecule is C1CCN(CN2CCCCO2)OC1. The second-order valence-corrected chi connectivity index (χ2v) is 3.63. The van der Waals surface area contributed by atoms with E-state index in [1.54, 1.807) is 0 Å². The lowest BCUT2D eigenvalue weighted by Crippen LogP contribution is -2.42. The van der Waals surface area contributed by atoms with E-state index in [0.717, 1.165) is 33.0 Å². The predicted molar refractivity (Wildman–Crippen MR) is 48.7 cm³/mol. The maximum Gasteiger partial charge on any atom is 0.0999 e. The van der Waals surface area contributed by atoms with E-state index in [9.17, 15) is 0 Å². The molecular formula is C9H18N2O2. The van der Waals surface area contributed by atoms with Crippen molar-refractivity contribution in [3.05, 3.63) is 0 Å². The van der Waals surface area contributed by atoms with Crippen molar-refractivity contribution in [1.82, 2.24) is 10.1 Å². The van der Waals surface area contributed by atoms with E-state index >= 15 is 0 Å². The minimum absolute atomic E-state index is 0.806. The van der Waals surface area contributed by atoms with Crippen LogP contribution < -0.4 is 0 Å². The molecule has 0 unspecified atom stereocenters. The van der Waals surface area contributed by atoms with Crippen LogP contribution in [0.5, 0.6) is 0 Å². The highest BCUT2D eigenvalue weighted by atomic mass is 16.7. The summed E-state index contributed by atoms with van der Waals surface area (Å²) in [5, 5.41) is 4.02. The van der Waals surface area contributed by atoms with Crippen molar-refractivity contribution in [1.29, 1.82) is 0 Å². The van der Waals surface area contributed by atoms with Crippen LogP contribution in [0.1, 0.15) is 25.7 Å². The van der Waals surface area contributed by atoms with Gasteiger partial charge in [-0.25, -0.2) is 0 Å². The van der Waals surface area contributed by atoms with Crippen molar-refractivity contribution < 1.29 is 9.68 Å². The van der Waals surface area contributed by atoms with E-state index in [1.165, 1.54) is 25.7 Å². The van der Waals surface area contributed by atoms with Crippen LogP contribution in [0.4, 0.5) is 0 Å². The first-order chi connectivity index (χ1) is 6.45. The summed E-state index contributed by atoms with van der Waals surface area (Å²) < 4.78 is 0. The van der Waals surface area contributed by atoms with E-state index in [1.807, 2.05) is 10.1 Å². The molecule has 4 heteroatoms. The summed E-state index contributed by atoms with van der Waals surface area (Å²) in [6.45, 7) is 4.63. The van der Waals surface area contributed by atoms with Gasteiger partial charge in [-0.15, -0.1) is 0 Å². The summed E-state index contributed by atoms with van der Waals surface area (Å²) in [7, 11) is 0. The molecule has 0 radical (unpaired) electrons. The third-order valence-electron chi connectivity index (χ3n) is 2.47. The predicted octanol–water partition coefficient (Wildman–Crippen LogP) is 0.999. The Kier molecular flexibility index (Phi) is 3.55. The number of hydrogen-bond acceptors (Lipinski definition) is 4. The number of nitrogens with zero attached hydrogens (tertiary/aromatic N) is 2. The van der Waals surface area contributed by atoms with Gasteiger partial charge in [-0.2, -0.15) is 10.1 Å². The zero-order valence-electron chi connectivity index (χ0n) is 8.07. The Bertz CT molecular complexity index is 127. The van der Waals surface area contributed by atoms with Crippen molar-refractivity contribution >= 4 is 0 Å². The van der Waals surface area contributed by atoms with Crippen LogP contribution >= 0.6 is 0 Å². The van der Waals surface area contributed by atoms with Crippen LogP contribution in [0, 0.1) is 0 Å². The molecule has 2 aliphatic rings. The molecule has 2 fully saturated rings. The molecule has 0 aromatic rings. The molecule has 0 aromatic heterocycles. The summed E-state index contributed by atoms with van der Waals surface area (Å²) in [5.41, 5.74) is 0. The molecule has 2 rings (SSSR count). The highest BCUT2D eigenvalue weighted by Crippen LogP contribution is 2.10.